The van der Waals surface area contributed by atoms with Crippen LogP contribution < -0.4 is 15.8 Å². The molecule has 7 nitrogen and oxygen atoms in total. The number of alkyl halides is 2. The van der Waals surface area contributed by atoms with Gasteiger partial charge in [-0.15, -0.1) is 0 Å². The van der Waals surface area contributed by atoms with Crippen LogP contribution in [0.5, 0.6) is 5.75 Å². The van der Waals surface area contributed by atoms with Crippen LogP contribution in [-0.2, 0) is 4.84 Å². The van der Waals surface area contributed by atoms with Crippen molar-refractivity contribution in [3.05, 3.63) is 29.3 Å². The molecule has 2 unspecified atom stereocenters. The van der Waals surface area contributed by atoms with Crippen LogP contribution in [0.4, 0.5) is 8.78 Å². The van der Waals surface area contributed by atoms with E-state index in [1.54, 1.807) is 0 Å². The minimum atomic E-state index is -2.97. The number of ether oxygens (including phenoxy) is 1. The van der Waals surface area contributed by atoms with E-state index in [9.17, 15) is 13.9 Å². The summed E-state index contributed by atoms with van der Waals surface area (Å²) in [6.07, 6.45) is 1.94. The SMILES string of the molecule is CCNC(O)c1ccc(OCCCC2CCN(/C(N)=N/OC(C)C(C)(F)F)CC2)cc1C. The van der Waals surface area contributed by atoms with E-state index in [0.717, 1.165) is 62.6 Å². The maximum Gasteiger partial charge on any atom is 0.283 e. The van der Waals surface area contributed by atoms with Crippen molar-refractivity contribution in [2.24, 2.45) is 16.8 Å². The van der Waals surface area contributed by atoms with Gasteiger partial charge in [-0.3, -0.25) is 5.32 Å². The molecular formula is C23H38F2N4O3. The predicted octanol–water partition coefficient (Wildman–Crippen LogP) is 3.76. The van der Waals surface area contributed by atoms with Crippen molar-refractivity contribution >= 4 is 5.96 Å². The molecule has 1 aromatic carbocycles. The van der Waals surface area contributed by atoms with Gasteiger partial charge in [0.25, 0.3) is 5.92 Å². The molecule has 1 aliphatic rings. The topological polar surface area (TPSA) is 92.3 Å². The molecule has 0 spiro atoms. The highest BCUT2D eigenvalue weighted by Crippen LogP contribution is 2.24. The van der Waals surface area contributed by atoms with Crippen molar-refractivity contribution in [3.63, 3.8) is 0 Å². The lowest BCUT2D eigenvalue weighted by atomic mass is 9.92. The fraction of sp³-hybridized carbons (Fsp3) is 0.696. The van der Waals surface area contributed by atoms with Gasteiger partial charge in [0, 0.05) is 20.0 Å². The first-order valence-electron chi connectivity index (χ1n) is 11.4. The maximum absolute atomic E-state index is 13.1. The van der Waals surface area contributed by atoms with E-state index in [0.29, 0.717) is 19.1 Å². The molecule has 0 aliphatic carbocycles. The van der Waals surface area contributed by atoms with Crippen molar-refractivity contribution in [1.29, 1.82) is 0 Å². The second-order valence-corrected chi connectivity index (χ2v) is 8.55. The number of oxime groups is 1. The van der Waals surface area contributed by atoms with Crippen molar-refractivity contribution in [3.8, 4) is 5.75 Å². The number of nitrogens with one attached hydrogen (secondary N) is 1. The molecule has 9 heteroatoms. The largest absolute Gasteiger partial charge is 0.494 e. The number of likely N-dealkylation sites (tertiary alicyclic amines) is 1. The van der Waals surface area contributed by atoms with Crippen LogP contribution in [0.25, 0.3) is 0 Å². The molecular weight excluding hydrogens is 418 g/mol. The first kappa shape index (κ1) is 26.1. The third kappa shape index (κ3) is 8.09. The number of aliphatic hydroxyl groups excluding tert-OH is 1. The lowest BCUT2D eigenvalue weighted by Crippen LogP contribution is -2.43. The average molecular weight is 457 g/mol. The second kappa shape index (κ2) is 12.2. The number of aliphatic hydroxyl groups is 1. The van der Waals surface area contributed by atoms with Gasteiger partial charge in [-0.2, -0.15) is 0 Å². The van der Waals surface area contributed by atoms with E-state index in [2.05, 4.69) is 10.5 Å². The standard InChI is InChI=1S/C23H38F2N4O3/c1-5-27-21(30)20-9-8-19(15-16(20)2)31-14-6-7-18-10-12-29(13-11-18)22(26)28-32-17(3)23(4,24)25/h8-9,15,17-18,21,27,30H,5-7,10-14H2,1-4H3,(H2,26,28). The third-order valence-electron chi connectivity index (χ3n) is 5.92. The molecule has 1 heterocycles. The number of halogens is 2. The van der Waals surface area contributed by atoms with E-state index >= 15 is 0 Å². The van der Waals surface area contributed by atoms with Gasteiger partial charge in [0.2, 0.25) is 5.96 Å². The molecule has 1 aromatic rings. The van der Waals surface area contributed by atoms with Gasteiger partial charge in [0.1, 0.15) is 12.0 Å². The molecule has 1 saturated heterocycles. The lowest BCUT2D eigenvalue weighted by Gasteiger charge is -2.32. The number of guanidine groups is 1. The van der Waals surface area contributed by atoms with Crippen LogP contribution >= 0.6 is 0 Å². The highest BCUT2D eigenvalue weighted by Gasteiger charge is 2.32. The molecule has 2 atom stereocenters. The molecule has 32 heavy (non-hydrogen) atoms. The molecule has 1 fully saturated rings. The number of hydrogen-bond donors (Lipinski definition) is 3. The summed E-state index contributed by atoms with van der Waals surface area (Å²) in [5.41, 5.74) is 7.74. The highest BCUT2D eigenvalue weighted by molar-refractivity contribution is 5.77. The smallest absolute Gasteiger partial charge is 0.283 e. The zero-order chi connectivity index (χ0) is 23.7. The monoisotopic (exact) mass is 456 g/mol. The van der Waals surface area contributed by atoms with Gasteiger partial charge in [-0.05, 0) is 80.4 Å². The number of nitrogens with zero attached hydrogens (tertiary/aromatic N) is 2. The number of piperidine rings is 1. The van der Waals surface area contributed by atoms with Gasteiger partial charge in [0.15, 0.2) is 6.10 Å². The van der Waals surface area contributed by atoms with Gasteiger partial charge in [-0.25, -0.2) is 8.78 Å². The molecule has 0 aromatic heterocycles. The van der Waals surface area contributed by atoms with E-state index in [1.807, 2.05) is 36.9 Å². The quantitative estimate of drug-likeness (QED) is 0.154. The summed E-state index contributed by atoms with van der Waals surface area (Å²) in [7, 11) is 0. The number of rotatable bonds is 11. The fourth-order valence-electron chi connectivity index (χ4n) is 3.64. The van der Waals surface area contributed by atoms with E-state index in [1.165, 1.54) is 6.92 Å². The fourth-order valence-corrected chi connectivity index (χ4v) is 3.64. The average Bonchev–Trinajstić information content (AvgIpc) is 2.74. The number of nitrogens with two attached hydrogens (primary N) is 1. The molecule has 0 saturated carbocycles. The normalized spacial score (nSPS) is 17.8. The molecule has 4 N–H and O–H groups in total. The van der Waals surface area contributed by atoms with Crippen molar-refractivity contribution in [2.45, 2.75) is 71.6 Å². The Morgan fingerprint density at radius 3 is 2.66 bits per heavy atom. The van der Waals surface area contributed by atoms with Crippen molar-refractivity contribution in [1.82, 2.24) is 10.2 Å². The Hall–Kier alpha value is -2.13. The van der Waals surface area contributed by atoms with E-state index in [4.69, 9.17) is 15.3 Å². The van der Waals surface area contributed by atoms with Crippen LogP contribution in [0.15, 0.2) is 23.4 Å². The van der Waals surface area contributed by atoms with Crippen LogP contribution in [0, 0.1) is 12.8 Å². The summed E-state index contributed by atoms with van der Waals surface area (Å²) in [5, 5.41) is 16.8. The van der Waals surface area contributed by atoms with Crippen molar-refractivity contribution in [2.75, 3.05) is 26.2 Å². The minimum absolute atomic E-state index is 0.154. The first-order valence-corrected chi connectivity index (χ1v) is 11.4. The second-order valence-electron chi connectivity index (χ2n) is 8.55. The molecule has 0 amide bonds. The van der Waals surface area contributed by atoms with E-state index < -0.39 is 18.3 Å². The Balaban J connectivity index is 1.68. The highest BCUT2D eigenvalue weighted by atomic mass is 19.3. The van der Waals surface area contributed by atoms with Crippen LogP contribution in [0.1, 0.15) is 63.8 Å². The Labute approximate surface area is 189 Å². The summed E-state index contributed by atoms with van der Waals surface area (Å²) in [4.78, 5) is 6.72. The first-order chi connectivity index (χ1) is 15.1. The molecule has 1 aliphatic heterocycles. The molecule has 0 radical (unpaired) electrons. The minimum Gasteiger partial charge on any atom is -0.494 e. The Morgan fingerprint density at radius 2 is 2.06 bits per heavy atom. The van der Waals surface area contributed by atoms with Gasteiger partial charge in [-0.1, -0.05) is 13.0 Å². The summed E-state index contributed by atoms with van der Waals surface area (Å²) >= 11 is 0. The summed E-state index contributed by atoms with van der Waals surface area (Å²) in [6, 6.07) is 5.74. The zero-order valence-corrected chi connectivity index (χ0v) is 19.6. The van der Waals surface area contributed by atoms with Crippen LogP contribution in [-0.4, -0.2) is 54.2 Å². The lowest BCUT2D eigenvalue weighted by molar-refractivity contribution is -0.116. The summed E-state index contributed by atoms with van der Waals surface area (Å²) < 4.78 is 32.2. The number of aryl methyl sites for hydroxylation is 1. The van der Waals surface area contributed by atoms with E-state index in [-0.39, 0.29) is 5.96 Å². The van der Waals surface area contributed by atoms with Crippen LogP contribution in [0.3, 0.4) is 0 Å². The third-order valence-corrected chi connectivity index (χ3v) is 5.92. The van der Waals surface area contributed by atoms with Crippen LogP contribution in [0.2, 0.25) is 0 Å². The number of hydrogen-bond acceptors (Lipinski definition) is 5. The predicted molar refractivity (Wildman–Crippen MR) is 122 cm³/mol. The molecule has 2 rings (SSSR count). The summed E-state index contributed by atoms with van der Waals surface area (Å²) in [5.74, 6) is -1.43. The van der Waals surface area contributed by atoms with Gasteiger partial charge in [0.05, 0.1) is 6.61 Å². The van der Waals surface area contributed by atoms with Gasteiger partial charge < -0.3 is 25.3 Å². The summed E-state index contributed by atoms with van der Waals surface area (Å²) in [6.45, 7) is 8.78. The Kier molecular flexibility index (Phi) is 9.96. The Bertz CT molecular complexity index is 734. The van der Waals surface area contributed by atoms with Gasteiger partial charge >= 0.3 is 0 Å². The Morgan fingerprint density at radius 1 is 1.38 bits per heavy atom. The number of benzene rings is 1. The molecule has 182 valence electrons. The zero-order valence-electron chi connectivity index (χ0n) is 19.6. The maximum atomic E-state index is 13.1. The van der Waals surface area contributed by atoms with Crippen molar-refractivity contribution < 1.29 is 23.5 Å². The molecule has 0 bridgehead atoms.